The van der Waals surface area contributed by atoms with Crippen molar-refractivity contribution in [3.63, 3.8) is 0 Å². The summed E-state index contributed by atoms with van der Waals surface area (Å²) < 4.78 is 16.6. The molecule has 186 valence electrons. The van der Waals surface area contributed by atoms with Crippen LogP contribution in [0.2, 0.25) is 5.02 Å². The molecule has 8 nitrogen and oxygen atoms in total. The molecule has 0 aliphatic rings. The largest absolute Gasteiger partial charge is 0.505 e. The standard InChI is InChI=1S/C28H22ClN3O5/c1-15-12-16(29)8-10-20(15)31-32-26-25-18-6-4-5-7-22(18)37-24(25)14-19(27(26)33)28(34)30-21-13-17(35-2)9-11-23(21)36-3/h4-14,33H,1-3H3,(H,30,34). The van der Waals surface area contributed by atoms with E-state index >= 15 is 0 Å². The lowest BCUT2D eigenvalue weighted by Crippen LogP contribution is -2.13. The minimum Gasteiger partial charge on any atom is -0.505 e. The maximum atomic E-state index is 13.4. The number of rotatable bonds is 6. The molecule has 9 heteroatoms. The third-order valence-electron chi connectivity index (χ3n) is 5.93. The van der Waals surface area contributed by atoms with E-state index < -0.39 is 5.91 Å². The minimum atomic E-state index is -0.592. The number of carbonyl (C=O) groups excluding carboxylic acids is 1. The molecule has 0 radical (unpaired) electrons. The molecule has 1 heterocycles. The van der Waals surface area contributed by atoms with Gasteiger partial charge >= 0.3 is 0 Å². The topological polar surface area (TPSA) is 106 Å². The Kier molecular flexibility index (Phi) is 6.42. The van der Waals surface area contributed by atoms with Crippen LogP contribution in [0, 0.1) is 6.92 Å². The van der Waals surface area contributed by atoms with Crippen LogP contribution in [-0.4, -0.2) is 25.2 Å². The molecular formula is C28H22ClN3O5. The van der Waals surface area contributed by atoms with Crippen LogP contribution in [-0.2, 0) is 0 Å². The molecule has 37 heavy (non-hydrogen) atoms. The van der Waals surface area contributed by atoms with Crippen LogP contribution < -0.4 is 14.8 Å². The summed E-state index contributed by atoms with van der Waals surface area (Å²) in [6.45, 7) is 1.86. The van der Waals surface area contributed by atoms with Gasteiger partial charge in [-0.15, -0.1) is 5.11 Å². The van der Waals surface area contributed by atoms with Crippen molar-refractivity contribution in [3.8, 4) is 17.2 Å². The molecule has 0 bridgehead atoms. The number of aryl methyl sites for hydroxylation is 1. The second kappa shape index (κ2) is 9.83. The first-order valence-corrected chi connectivity index (χ1v) is 11.7. The smallest absolute Gasteiger partial charge is 0.259 e. The van der Waals surface area contributed by atoms with E-state index in [9.17, 15) is 9.90 Å². The number of nitrogens with zero attached hydrogens (tertiary/aromatic N) is 2. The first kappa shape index (κ1) is 24.1. The zero-order valence-electron chi connectivity index (χ0n) is 20.2. The summed E-state index contributed by atoms with van der Waals surface area (Å²) in [6, 6.07) is 19.0. The number of benzene rings is 4. The summed E-state index contributed by atoms with van der Waals surface area (Å²) in [4.78, 5) is 13.4. The molecular weight excluding hydrogens is 494 g/mol. The molecule has 1 aromatic heterocycles. The summed E-state index contributed by atoms with van der Waals surface area (Å²) in [5.41, 5.74) is 2.78. The Labute approximate surface area is 217 Å². The van der Waals surface area contributed by atoms with Crippen LogP contribution >= 0.6 is 11.6 Å². The number of hydrogen-bond acceptors (Lipinski definition) is 7. The van der Waals surface area contributed by atoms with Crippen molar-refractivity contribution >= 4 is 56.5 Å². The van der Waals surface area contributed by atoms with Crippen molar-refractivity contribution in [1.29, 1.82) is 0 Å². The van der Waals surface area contributed by atoms with Crippen LogP contribution in [0.1, 0.15) is 15.9 Å². The fraction of sp³-hybridized carbons (Fsp3) is 0.107. The van der Waals surface area contributed by atoms with Gasteiger partial charge < -0.3 is 24.3 Å². The van der Waals surface area contributed by atoms with E-state index in [0.717, 1.165) is 10.9 Å². The maximum Gasteiger partial charge on any atom is 0.259 e. The van der Waals surface area contributed by atoms with Gasteiger partial charge in [0.15, 0.2) is 5.75 Å². The number of ether oxygens (including phenoxy) is 2. The number of phenolic OH excluding ortho intramolecular Hbond substituents is 1. The molecule has 0 unspecified atom stereocenters. The number of carbonyl (C=O) groups is 1. The molecule has 5 rings (SSSR count). The highest BCUT2D eigenvalue weighted by Gasteiger charge is 2.23. The predicted octanol–water partition coefficient (Wildman–Crippen LogP) is 7.94. The molecule has 5 aromatic rings. The first-order chi connectivity index (χ1) is 17.9. The fourth-order valence-corrected chi connectivity index (χ4v) is 4.29. The average molecular weight is 516 g/mol. The average Bonchev–Trinajstić information content (AvgIpc) is 3.27. The number of para-hydroxylation sites is 1. The molecule has 0 saturated carbocycles. The van der Waals surface area contributed by atoms with Gasteiger partial charge in [-0.3, -0.25) is 4.79 Å². The zero-order chi connectivity index (χ0) is 26.1. The summed E-state index contributed by atoms with van der Waals surface area (Å²) in [5, 5.41) is 24.6. The number of azo groups is 1. The molecule has 0 atom stereocenters. The molecule has 1 amide bonds. The minimum absolute atomic E-state index is 0.0433. The Morgan fingerprint density at radius 1 is 0.973 bits per heavy atom. The number of phenols is 1. The summed E-state index contributed by atoms with van der Waals surface area (Å²) in [7, 11) is 3.01. The molecule has 0 fully saturated rings. The van der Waals surface area contributed by atoms with E-state index in [1.807, 2.05) is 25.1 Å². The predicted molar refractivity (Wildman–Crippen MR) is 143 cm³/mol. The van der Waals surface area contributed by atoms with Crippen LogP contribution in [0.5, 0.6) is 17.2 Å². The zero-order valence-corrected chi connectivity index (χ0v) is 21.0. The number of nitrogens with one attached hydrogen (secondary N) is 1. The molecule has 0 aliphatic heterocycles. The van der Waals surface area contributed by atoms with Crippen LogP contribution in [0.15, 0.2) is 81.4 Å². The van der Waals surface area contributed by atoms with Crippen molar-refractivity contribution < 1.29 is 23.8 Å². The van der Waals surface area contributed by atoms with Crippen molar-refractivity contribution in [2.24, 2.45) is 10.2 Å². The summed E-state index contributed by atoms with van der Waals surface area (Å²) in [6.07, 6.45) is 0. The number of furan rings is 1. The van der Waals surface area contributed by atoms with Gasteiger partial charge in [0, 0.05) is 16.5 Å². The lowest BCUT2D eigenvalue weighted by atomic mass is 10.1. The molecule has 2 N–H and O–H groups in total. The molecule has 4 aromatic carbocycles. The van der Waals surface area contributed by atoms with E-state index in [0.29, 0.717) is 44.4 Å². The Hall–Kier alpha value is -4.56. The van der Waals surface area contributed by atoms with Crippen molar-refractivity contribution in [1.82, 2.24) is 0 Å². The van der Waals surface area contributed by atoms with Crippen molar-refractivity contribution in [2.45, 2.75) is 6.92 Å². The fourth-order valence-electron chi connectivity index (χ4n) is 4.06. The van der Waals surface area contributed by atoms with Gasteiger partial charge in [0.2, 0.25) is 0 Å². The van der Waals surface area contributed by atoms with Gasteiger partial charge in [-0.2, -0.15) is 5.11 Å². The van der Waals surface area contributed by atoms with E-state index in [-0.39, 0.29) is 17.0 Å². The van der Waals surface area contributed by atoms with Crippen LogP contribution in [0.3, 0.4) is 0 Å². The number of amides is 1. The highest BCUT2D eigenvalue weighted by molar-refractivity contribution is 6.30. The number of fused-ring (bicyclic) bond motifs is 3. The monoisotopic (exact) mass is 515 g/mol. The summed E-state index contributed by atoms with van der Waals surface area (Å²) >= 11 is 6.06. The second-order valence-electron chi connectivity index (χ2n) is 8.24. The number of methoxy groups -OCH3 is 2. The third-order valence-corrected chi connectivity index (χ3v) is 6.17. The van der Waals surface area contributed by atoms with Crippen LogP contribution in [0.4, 0.5) is 17.1 Å². The van der Waals surface area contributed by atoms with E-state index in [1.165, 1.54) is 20.3 Å². The van der Waals surface area contributed by atoms with E-state index in [4.69, 9.17) is 25.5 Å². The van der Waals surface area contributed by atoms with Gasteiger partial charge in [-0.25, -0.2) is 0 Å². The normalized spacial score (nSPS) is 11.4. The van der Waals surface area contributed by atoms with E-state index in [2.05, 4.69) is 15.5 Å². The third kappa shape index (κ3) is 4.54. The Morgan fingerprint density at radius 2 is 1.78 bits per heavy atom. The molecule has 0 aliphatic carbocycles. The van der Waals surface area contributed by atoms with E-state index in [1.54, 1.807) is 42.5 Å². The van der Waals surface area contributed by atoms with Gasteiger partial charge in [-0.1, -0.05) is 29.8 Å². The van der Waals surface area contributed by atoms with Gasteiger partial charge in [0.1, 0.15) is 28.4 Å². The number of hydrogen-bond donors (Lipinski definition) is 2. The Morgan fingerprint density at radius 3 is 2.54 bits per heavy atom. The number of aromatic hydroxyl groups is 1. The molecule has 0 saturated heterocycles. The number of anilines is 1. The highest BCUT2D eigenvalue weighted by atomic mass is 35.5. The van der Waals surface area contributed by atoms with Gasteiger partial charge in [0.05, 0.1) is 36.5 Å². The molecule has 0 spiro atoms. The van der Waals surface area contributed by atoms with Gasteiger partial charge in [-0.05, 0) is 55.0 Å². The van der Waals surface area contributed by atoms with Crippen LogP contribution in [0.25, 0.3) is 21.9 Å². The first-order valence-electron chi connectivity index (χ1n) is 11.3. The van der Waals surface area contributed by atoms with Crippen molar-refractivity contribution in [3.05, 3.63) is 82.9 Å². The highest BCUT2D eigenvalue weighted by Crippen LogP contribution is 2.44. The number of halogens is 1. The summed E-state index contributed by atoms with van der Waals surface area (Å²) in [5.74, 6) is 0.0248. The van der Waals surface area contributed by atoms with Crippen molar-refractivity contribution in [2.75, 3.05) is 19.5 Å². The second-order valence-corrected chi connectivity index (χ2v) is 8.68. The Balaban J connectivity index is 1.66. The maximum absolute atomic E-state index is 13.4. The quantitative estimate of drug-likeness (QED) is 0.223. The SMILES string of the molecule is COc1ccc(OC)c(NC(=O)c2cc3oc4ccccc4c3c(N=Nc3ccc(Cl)cc3C)c2O)c1. The lowest BCUT2D eigenvalue weighted by Gasteiger charge is -2.13. The Bertz CT molecular complexity index is 1690. The lowest BCUT2D eigenvalue weighted by molar-refractivity contribution is 0.102. The van der Waals surface area contributed by atoms with Gasteiger partial charge in [0.25, 0.3) is 5.91 Å².